The molecule has 0 spiro atoms. The Morgan fingerprint density at radius 1 is 1.43 bits per heavy atom. The molecule has 3 rings (SSSR count). The number of hydrogen-bond acceptors (Lipinski definition) is 6. The van der Waals surface area contributed by atoms with Gasteiger partial charge >= 0.3 is 0 Å². The van der Waals surface area contributed by atoms with Crippen molar-refractivity contribution in [2.24, 2.45) is 0 Å². The van der Waals surface area contributed by atoms with Crippen LogP contribution in [-0.4, -0.2) is 47.4 Å². The van der Waals surface area contributed by atoms with Gasteiger partial charge in [-0.25, -0.2) is 0 Å². The Labute approximate surface area is 120 Å². The summed E-state index contributed by atoms with van der Waals surface area (Å²) in [4.78, 5) is 16.8. The van der Waals surface area contributed by atoms with Gasteiger partial charge in [-0.2, -0.15) is 0 Å². The number of aliphatic hydroxyl groups is 1. The molecule has 21 heavy (non-hydrogen) atoms. The maximum Gasteiger partial charge on any atom is 0.277 e. The minimum atomic E-state index is -0.394. The van der Waals surface area contributed by atoms with E-state index in [4.69, 9.17) is 4.74 Å². The van der Waals surface area contributed by atoms with Crippen LogP contribution >= 0.6 is 0 Å². The normalized spacial score (nSPS) is 18.9. The number of aliphatic hydroxyl groups excluding tert-OH is 1. The number of anilines is 1. The van der Waals surface area contributed by atoms with E-state index in [9.17, 15) is 15.2 Å². The number of fused-ring (bicyclic) bond motifs is 1. The zero-order chi connectivity index (χ0) is 14.8. The standard InChI is InChI=1S/C14H15N3O4/c18-8-10-9-21-6-5-16(10)13-1-2-14(17(19)20)11-3-4-15-7-12(11)13/h1-4,7,10,18H,5-6,8-9H2. The van der Waals surface area contributed by atoms with E-state index in [1.165, 1.54) is 6.07 Å². The van der Waals surface area contributed by atoms with Crippen molar-refractivity contribution >= 4 is 22.1 Å². The van der Waals surface area contributed by atoms with Gasteiger partial charge in [0, 0.05) is 36.1 Å². The summed E-state index contributed by atoms with van der Waals surface area (Å²) < 4.78 is 5.37. The molecule has 1 aliphatic heterocycles. The monoisotopic (exact) mass is 289 g/mol. The molecule has 0 bridgehead atoms. The van der Waals surface area contributed by atoms with Gasteiger partial charge in [0.15, 0.2) is 0 Å². The fourth-order valence-corrected chi connectivity index (χ4v) is 2.69. The molecule has 1 aliphatic rings. The Morgan fingerprint density at radius 2 is 2.29 bits per heavy atom. The zero-order valence-electron chi connectivity index (χ0n) is 11.3. The van der Waals surface area contributed by atoms with Crippen LogP contribution < -0.4 is 4.90 Å². The van der Waals surface area contributed by atoms with Crippen LogP contribution in [0.1, 0.15) is 0 Å². The number of nitro benzene ring substituents is 1. The molecule has 110 valence electrons. The van der Waals surface area contributed by atoms with Crippen molar-refractivity contribution in [2.45, 2.75) is 6.04 Å². The fourth-order valence-electron chi connectivity index (χ4n) is 2.69. The molecule has 1 N–H and O–H groups in total. The summed E-state index contributed by atoms with van der Waals surface area (Å²) in [5.74, 6) is 0. The number of hydrogen-bond donors (Lipinski definition) is 1. The molecule has 1 fully saturated rings. The molecule has 1 atom stereocenters. The van der Waals surface area contributed by atoms with Crippen molar-refractivity contribution in [1.29, 1.82) is 0 Å². The average molecular weight is 289 g/mol. The molecule has 1 aromatic carbocycles. The summed E-state index contributed by atoms with van der Waals surface area (Å²) >= 11 is 0. The largest absolute Gasteiger partial charge is 0.394 e. The quantitative estimate of drug-likeness (QED) is 0.677. The molecular weight excluding hydrogens is 274 g/mol. The topological polar surface area (TPSA) is 88.7 Å². The molecule has 7 nitrogen and oxygen atoms in total. The summed E-state index contributed by atoms with van der Waals surface area (Å²) in [6.45, 7) is 1.61. The molecular formula is C14H15N3O4. The van der Waals surface area contributed by atoms with E-state index < -0.39 is 4.92 Å². The van der Waals surface area contributed by atoms with Crippen molar-refractivity contribution in [3.05, 3.63) is 40.7 Å². The van der Waals surface area contributed by atoms with Gasteiger partial charge in [-0.15, -0.1) is 0 Å². The van der Waals surface area contributed by atoms with Gasteiger partial charge < -0.3 is 14.7 Å². The number of nitrogens with zero attached hydrogens (tertiary/aromatic N) is 3. The highest BCUT2D eigenvalue weighted by Crippen LogP contribution is 2.34. The van der Waals surface area contributed by atoms with Gasteiger partial charge in [0.05, 0.1) is 36.2 Å². The van der Waals surface area contributed by atoms with Crippen molar-refractivity contribution in [3.63, 3.8) is 0 Å². The Balaban J connectivity index is 2.15. The van der Waals surface area contributed by atoms with Crippen LogP contribution in [0, 0.1) is 10.1 Å². The predicted molar refractivity (Wildman–Crippen MR) is 77.4 cm³/mol. The lowest BCUT2D eigenvalue weighted by Gasteiger charge is -2.36. The van der Waals surface area contributed by atoms with Crippen LogP contribution in [0.25, 0.3) is 10.8 Å². The first-order chi connectivity index (χ1) is 10.2. The average Bonchev–Trinajstić information content (AvgIpc) is 2.53. The van der Waals surface area contributed by atoms with Gasteiger partial charge in [0.2, 0.25) is 0 Å². The van der Waals surface area contributed by atoms with Crippen molar-refractivity contribution < 1.29 is 14.8 Å². The SMILES string of the molecule is O=[N+]([O-])c1ccc(N2CCOCC2CO)c2cnccc12. The number of aromatic nitrogens is 1. The Hall–Kier alpha value is -2.25. The summed E-state index contributed by atoms with van der Waals surface area (Å²) in [7, 11) is 0. The number of pyridine rings is 1. The van der Waals surface area contributed by atoms with E-state index in [1.54, 1.807) is 24.5 Å². The van der Waals surface area contributed by atoms with Gasteiger partial charge in [-0.05, 0) is 12.1 Å². The van der Waals surface area contributed by atoms with E-state index in [2.05, 4.69) is 4.98 Å². The molecule has 2 aromatic rings. The minimum Gasteiger partial charge on any atom is -0.394 e. The zero-order valence-corrected chi connectivity index (χ0v) is 11.3. The van der Waals surface area contributed by atoms with Crippen LogP contribution in [0.5, 0.6) is 0 Å². The lowest BCUT2D eigenvalue weighted by molar-refractivity contribution is -0.383. The van der Waals surface area contributed by atoms with Crippen LogP contribution in [0.2, 0.25) is 0 Å². The number of benzene rings is 1. The Morgan fingerprint density at radius 3 is 3.05 bits per heavy atom. The maximum atomic E-state index is 11.1. The number of rotatable bonds is 3. The van der Waals surface area contributed by atoms with Gasteiger partial charge in [0.25, 0.3) is 5.69 Å². The highest BCUT2D eigenvalue weighted by molar-refractivity contribution is 5.99. The van der Waals surface area contributed by atoms with Crippen LogP contribution in [0.4, 0.5) is 11.4 Å². The molecule has 1 aromatic heterocycles. The molecule has 1 saturated heterocycles. The third-order valence-electron chi connectivity index (χ3n) is 3.72. The van der Waals surface area contributed by atoms with Crippen molar-refractivity contribution in [2.75, 3.05) is 31.3 Å². The number of morpholine rings is 1. The molecule has 0 saturated carbocycles. The summed E-state index contributed by atoms with van der Waals surface area (Å²) in [6.07, 6.45) is 3.17. The summed E-state index contributed by atoms with van der Waals surface area (Å²) in [5, 5.41) is 21.9. The second-order valence-electron chi connectivity index (χ2n) is 4.89. The molecule has 7 heteroatoms. The molecule has 1 unspecified atom stereocenters. The second-order valence-corrected chi connectivity index (χ2v) is 4.89. The molecule has 2 heterocycles. The van der Waals surface area contributed by atoms with Gasteiger partial charge in [0.1, 0.15) is 0 Å². The van der Waals surface area contributed by atoms with E-state index in [0.717, 1.165) is 5.69 Å². The Kier molecular flexibility index (Phi) is 3.68. The number of nitro groups is 1. The van der Waals surface area contributed by atoms with Crippen LogP contribution in [0.3, 0.4) is 0 Å². The first-order valence-corrected chi connectivity index (χ1v) is 6.68. The smallest absolute Gasteiger partial charge is 0.277 e. The third-order valence-corrected chi connectivity index (χ3v) is 3.72. The molecule has 0 amide bonds. The maximum absolute atomic E-state index is 11.1. The second kappa shape index (κ2) is 5.63. The first-order valence-electron chi connectivity index (χ1n) is 6.68. The fraction of sp³-hybridized carbons (Fsp3) is 0.357. The van der Waals surface area contributed by atoms with E-state index in [0.29, 0.717) is 30.5 Å². The highest BCUT2D eigenvalue weighted by atomic mass is 16.6. The lowest BCUT2D eigenvalue weighted by Crippen LogP contribution is -2.47. The van der Waals surface area contributed by atoms with Crippen LogP contribution in [0.15, 0.2) is 30.6 Å². The predicted octanol–water partition coefficient (Wildman–Crippen LogP) is 1.34. The van der Waals surface area contributed by atoms with Gasteiger partial charge in [-0.1, -0.05) is 0 Å². The van der Waals surface area contributed by atoms with Gasteiger partial charge in [-0.3, -0.25) is 15.1 Å². The van der Waals surface area contributed by atoms with E-state index in [1.807, 2.05) is 4.90 Å². The molecule has 0 aliphatic carbocycles. The summed E-state index contributed by atoms with van der Waals surface area (Å²) in [6, 6.07) is 4.71. The van der Waals surface area contributed by atoms with E-state index >= 15 is 0 Å². The third kappa shape index (κ3) is 2.41. The minimum absolute atomic E-state index is 0.0290. The van der Waals surface area contributed by atoms with Crippen molar-refractivity contribution in [3.8, 4) is 0 Å². The number of ether oxygens (including phenoxy) is 1. The Bertz CT molecular complexity index is 676. The highest BCUT2D eigenvalue weighted by Gasteiger charge is 2.25. The molecule has 0 radical (unpaired) electrons. The first kappa shape index (κ1) is 13.7. The van der Waals surface area contributed by atoms with Crippen LogP contribution in [-0.2, 0) is 4.74 Å². The van der Waals surface area contributed by atoms with Crippen molar-refractivity contribution in [1.82, 2.24) is 4.98 Å². The van der Waals surface area contributed by atoms with E-state index in [-0.39, 0.29) is 18.3 Å². The summed E-state index contributed by atoms with van der Waals surface area (Å²) in [5.41, 5.74) is 0.899. The lowest BCUT2D eigenvalue weighted by atomic mass is 10.1. The number of non-ortho nitro benzene ring substituents is 1.